The van der Waals surface area contributed by atoms with Gasteiger partial charge in [0.1, 0.15) is 0 Å². The van der Waals surface area contributed by atoms with E-state index >= 15 is 0 Å². The molecule has 0 N–H and O–H groups in total. The molecule has 0 bridgehead atoms. The molecule has 1 aliphatic rings. The number of rotatable bonds is 3. The SMILES string of the molecule is O=C(c1cccnc1)N1CCCC1Cc1ccc(Cl)cc1. The van der Waals surface area contributed by atoms with Crippen LogP contribution in [-0.2, 0) is 6.42 Å². The topological polar surface area (TPSA) is 33.2 Å². The maximum Gasteiger partial charge on any atom is 0.255 e. The van der Waals surface area contributed by atoms with Crippen molar-refractivity contribution >= 4 is 17.5 Å². The number of halogens is 1. The van der Waals surface area contributed by atoms with E-state index in [9.17, 15) is 4.79 Å². The number of hydrogen-bond acceptors (Lipinski definition) is 2. The number of benzene rings is 1. The fourth-order valence-electron chi connectivity index (χ4n) is 2.86. The lowest BCUT2D eigenvalue weighted by Gasteiger charge is -2.25. The molecule has 21 heavy (non-hydrogen) atoms. The van der Waals surface area contributed by atoms with Gasteiger partial charge in [-0.2, -0.15) is 0 Å². The lowest BCUT2D eigenvalue weighted by atomic mass is 10.0. The smallest absolute Gasteiger partial charge is 0.255 e. The molecule has 1 saturated heterocycles. The van der Waals surface area contributed by atoms with Gasteiger partial charge in [-0.1, -0.05) is 23.7 Å². The van der Waals surface area contributed by atoms with Crippen LogP contribution >= 0.6 is 11.6 Å². The molecule has 2 aromatic rings. The highest BCUT2D eigenvalue weighted by Crippen LogP contribution is 2.23. The molecule has 0 aliphatic carbocycles. The molecule has 1 aromatic heterocycles. The standard InChI is InChI=1S/C17H17ClN2O/c18-15-7-5-13(6-8-15)11-16-4-2-10-20(16)17(21)14-3-1-9-19-12-14/h1,3,5-9,12,16H,2,4,10-11H2. The molecular formula is C17H17ClN2O. The highest BCUT2D eigenvalue weighted by molar-refractivity contribution is 6.30. The summed E-state index contributed by atoms with van der Waals surface area (Å²) in [6.45, 7) is 0.825. The van der Waals surface area contributed by atoms with E-state index in [2.05, 4.69) is 4.98 Å². The van der Waals surface area contributed by atoms with Crippen LogP contribution in [0.4, 0.5) is 0 Å². The monoisotopic (exact) mass is 300 g/mol. The van der Waals surface area contributed by atoms with Crippen LogP contribution in [0.5, 0.6) is 0 Å². The summed E-state index contributed by atoms with van der Waals surface area (Å²) in [5.74, 6) is 0.0829. The zero-order chi connectivity index (χ0) is 14.7. The third-order valence-electron chi connectivity index (χ3n) is 3.93. The van der Waals surface area contributed by atoms with Crippen LogP contribution in [0, 0.1) is 0 Å². The van der Waals surface area contributed by atoms with E-state index in [1.54, 1.807) is 18.5 Å². The average Bonchev–Trinajstić information content (AvgIpc) is 2.98. The maximum atomic E-state index is 12.6. The molecule has 0 radical (unpaired) electrons. The van der Waals surface area contributed by atoms with Gasteiger partial charge in [0.05, 0.1) is 5.56 Å². The van der Waals surface area contributed by atoms with E-state index in [1.165, 1.54) is 5.56 Å². The first-order chi connectivity index (χ1) is 10.2. The number of hydrogen-bond donors (Lipinski definition) is 0. The second-order valence-electron chi connectivity index (χ2n) is 5.37. The van der Waals surface area contributed by atoms with Crippen LogP contribution in [0.2, 0.25) is 5.02 Å². The largest absolute Gasteiger partial charge is 0.335 e. The summed E-state index contributed by atoms with van der Waals surface area (Å²) in [5, 5.41) is 0.744. The molecule has 1 amide bonds. The lowest BCUT2D eigenvalue weighted by Crippen LogP contribution is -2.36. The predicted octanol–water partition coefficient (Wildman–Crippen LogP) is 3.58. The Labute approximate surface area is 129 Å². The summed E-state index contributed by atoms with van der Waals surface area (Å²) < 4.78 is 0. The normalized spacial score (nSPS) is 18.0. The first-order valence-electron chi connectivity index (χ1n) is 7.19. The van der Waals surface area contributed by atoms with Gasteiger partial charge >= 0.3 is 0 Å². The Morgan fingerprint density at radius 3 is 2.81 bits per heavy atom. The van der Waals surface area contributed by atoms with E-state index in [4.69, 9.17) is 11.6 Å². The van der Waals surface area contributed by atoms with Gasteiger partial charge in [0.25, 0.3) is 5.91 Å². The Bertz CT molecular complexity index is 612. The van der Waals surface area contributed by atoms with Gasteiger partial charge in [0.2, 0.25) is 0 Å². The molecule has 0 spiro atoms. The van der Waals surface area contributed by atoms with E-state index < -0.39 is 0 Å². The fraction of sp³-hybridized carbons (Fsp3) is 0.294. The number of nitrogens with zero attached hydrogens (tertiary/aromatic N) is 2. The number of likely N-dealkylation sites (tertiary alicyclic amines) is 1. The summed E-state index contributed by atoms with van der Waals surface area (Å²) >= 11 is 5.92. The zero-order valence-electron chi connectivity index (χ0n) is 11.7. The zero-order valence-corrected chi connectivity index (χ0v) is 12.5. The first kappa shape index (κ1) is 14.1. The Kier molecular flexibility index (Phi) is 4.20. The van der Waals surface area contributed by atoms with Crippen molar-refractivity contribution in [2.24, 2.45) is 0 Å². The van der Waals surface area contributed by atoms with Gasteiger partial charge < -0.3 is 4.90 Å². The minimum atomic E-state index is 0.0829. The minimum absolute atomic E-state index is 0.0829. The average molecular weight is 301 g/mol. The number of aromatic nitrogens is 1. The fourth-order valence-corrected chi connectivity index (χ4v) is 2.99. The first-order valence-corrected chi connectivity index (χ1v) is 7.57. The number of pyridine rings is 1. The third kappa shape index (κ3) is 3.24. The quantitative estimate of drug-likeness (QED) is 0.868. The Morgan fingerprint density at radius 1 is 1.29 bits per heavy atom. The number of carbonyl (C=O) groups is 1. The predicted molar refractivity (Wildman–Crippen MR) is 83.5 cm³/mol. The molecule has 1 fully saturated rings. The van der Waals surface area contributed by atoms with Crippen LogP contribution in [0.25, 0.3) is 0 Å². The molecule has 2 heterocycles. The summed E-state index contributed by atoms with van der Waals surface area (Å²) in [5.41, 5.74) is 1.88. The van der Waals surface area contributed by atoms with Gasteiger partial charge in [0, 0.05) is 30.0 Å². The van der Waals surface area contributed by atoms with Gasteiger partial charge in [-0.25, -0.2) is 0 Å². The summed E-state index contributed by atoms with van der Waals surface area (Å²) in [6.07, 6.45) is 6.31. The number of amides is 1. The van der Waals surface area contributed by atoms with Crippen molar-refractivity contribution in [3.63, 3.8) is 0 Å². The molecule has 108 valence electrons. The second-order valence-corrected chi connectivity index (χ2v) is 5.80. The number of carbonyl (C=O) groups excluding carboxylic acids is 1. The molecule has 1 unspecified atom stereocenters. The third-order valence-corrected chi connectivity index (χ3v) is 4.18. The highest BCUT2D eigenvalue weighted by Gasteiger charge is 2.29. The molecule has 1 aliphatic heterocycles. The molecular weight excluding hydrogens is 284 g/mol. The van der Waals surface area contributed by atoms with Crippen molar-refractivity contribution in [1.29, 1.82) is 0 Å². The van der Waals surface area contributed by atoms with E-state index in [0.29, 0.717) is 5.56 Å². The van der Waals surface area contributed by atoms with E-state index in [0.717, 1.165) is 30.8 Å². The minimum Gasteiger partial charge on any atom is -0.335 e. The Hall–Kier alpha value is -1.87. The second kappa shape index (κ2) is 6.27. The lowest BCUT2D eigenvalue weighted by molar-refractivity contribution is 0.0736. The Morgan fingerprint density at radius 2 is 2.10 bits per heavy atom. The van der Waals surface area contributed by atoms with E-state index in [1.807, 2.05) is 35.2 Å². The molecule has 1 atom stereocenters. The molecule has 3 rings (SSSR count). The van der Waals surface area contributed by atoms with E-state index in [-0.39, 0.29) is 11.9 Å². The van der Waals surface area contributed by atoms with Crippen molar-refractivity contribution in [3.8, 4) is 0 Å². The van der Waals surface area contributed by atoms with Crippen LogP contribution in [-0.4, -0.2) is 28.4 Å². The van der Waals surface area contributed by atoms with Gasteiger partial charge in [-0.15, -0.1) is 0 Å². The summed E-state index contributed by atoms with van der Waals surface area (Å²) in [7, 11) is 0. The molecule has 1 aromatic carbocycles. The van der Waals surface area contributed by atoms with Crippen LogP contribution in [0.1, 0.15) is 28.8 Å². The summed E-state index contributed by atoms with van der Waals surface area (Å²) in [4.78, 5) is 18.6. The van der Waals surface area contributed by atoms with Gasteiger partial charge in [-0.05, 0) is 49.1 Å². The van der Waals surface area contributed by atoms with Crippen molar-refractivity contribution in [2.45, 2.75) is 25.3 Å². The van der Waals surface area contributed by atoms with Crippen molar-refractivity contribution in [3.05, 3.63) is 64.9 Å². The maximum absolute atomic E-state index is 12.6. The molecule has 4 heteroatoms. The molecule has 3 nitrogen and oxygen atoms in total. The van der Waals surface area contributed by atoms with Crippen molar-refractivity contribution < 1.29 is 4.79 Å². The van der Waals surface area contributed by atoms with Gasteiger partial charge in [-0.3, -0.25) is 9.78 Å². The molecule has 0 saturated carbocycles. The van der Waals surface area contributed by atoms with Gasteiger partial charge in [0.15, 0.2) is 0 Å². The van der Waals surface area contributed by atoms with Crippen molar-refractivity contribution in [2.75, 3.05) is 6.54 Å². The van der Waals surface area contributed by atoms with Crippen LogP contribution < -0.4 is 0 Å². The van der Waals surface area contributed by atoms with Crippen LogP contribution in [0.15, 0.2) is 48.8 Å². The highest BCUT2D eigenvalue weighted by atomic mass is 35.5. The Balaban J connectivity index is 1.73. The summed E-state index contributed by atoms with van der Waals surface area (Å²) in [6, 6.07) is 11.8. The van der Waals surface area contributed by atoms with Crippen molar-refractivity contribution in [1.82, 2.24) is 9.88 Å². The van der Waals surface area contributed by atoms with Crippen LogP contribution in [0.3, 0.4) is 0 Å².